The van der Waals surface area contributed by atoms with Crippen LogP contribution in [0.4, 0.5) is 10.5 Å². The number of carbonyl (C=O) groups excluding carboxylic acids is 1. The van der Waals surface area contributed by atoms with Crippen LogP contribution in [0.5, 0.6) is 0 Å². The summed E-state index contributed by atoms with van der Waals surface area (Å²) in [6.07, 6.45) is 3.44. The fourth-order valence-corrected chi connectivity index (χ4v) is 2.44. The van der Waals surface area contributed by atoms with Crippen LogP contribution < -0.4 is 5.32 Å². The normalized spacial score (nSPS) is 18.7. The van der Waals surface area contributed by atoms with Crippen LogP contribution in [0.3, 0.4) is 0 Å². The highest BCUT2D eigenvalue weighted by Gasteiger charge is 2.31. The van der Waals surface area contributed by atoms with E-state index < -0.39 is 5.60 Å². The van der Waals surface area contributed by atoms with Gasteiger partial charge in [-0.2, -0.15) is 0 Å². The lowest BCUT2D eigenvalue weighted by molar-refractivity contribution is 0.0235. The molecule has 5 nitrogen and oxygen atoms in total. The molecule has 0 aliphatic carbocycles. The summed E-state index contributed by atoms with van der Waals surface area (Å²) in [7, 11) is 0. The molecule has 1 aromatic heterocycles. The Labute approximate surface area is 130 Å². The molecule has 2 rings (SSSR count). The number of hydrogen-bond donors (Lipinski definition) is 1. The van der Waals surface area contributed by atoms with Gasteiger partial charge in [0.1, 0.15) is 10.8 Å². The Balaban J connectivity index is 1.90. The van der Waals surface area contributed by atoms with Crippen LogP contribution in [0.25, 0.3) is 0 Å². The van der Waals surface area contributed by atoms with Crippen LogP contribution in [-0.4, -0.2) is 40.7 Å². The quantitative estimate of drug-likeness (QED) is 0.867. The molecule has 1 aliphatic rings. The molecule has 1 aromatic rings. The van der Waals surface area contributed by atoms with Gasteiger partial charge in [0.05, 0.1) is 17.9 Å². The Hall–Kier alpha value is -1.49. The minimum Gasteiger partial charge on any atom is -0.444 e. The standard InChI is InChI=1S/C15H22ClN3O2/c1-15(2,3)21-14(20)19-8-4-5-12(19)10-17-11-6-7-13(16)18-9-11/h6-7,9,12,17H,4-5,8,10H2,1-3H3/t12-/m1/s1. The maximum atomic E-state index is 12.2. The van der Waals surface area contributed by atoms with Gasteiger partial charge >= 0.3 is 6.09 Å². The molecule has 1 saturated heterocycles. The number of rotatable bonds is 3. The highest BCUT2D eigenvalue weighted by molar-refractivity contribution is 6.29. The van der Waals surface area contributed by atoms with E-state index in [2.05, 4.69) is 10.3 Å². The van der Waals surface area contributed by atoms with Crippen LogP contribution in [0, 0.1) is 0 Å². The largest absolute Gasteiger partial charge is 0.444 e. The Morgan fingerprint density at radius 2 is 2.29 bits per heavy atom. The summed E-state index contributed by atoms with van der Waals surface area (Å²) in [6.45, 7) is 7.08. The second-order valence-electron chi connectivity index (χ2n) is 6.22. The lowest BCUT2D eigenvalue weighted by atomic mass is 10.2. The highest BCUT2D eigenvalue weighted by atomic mass is 35.5. The number of carbonyl (C=O) groups is 1. The second kappa shape index (κ2) is 6.52. The summed E-state index contributed by atoms with van der Waals surface area (Å²) in [5.74, 6) is 0. The van der Waals surface area contributed by atoms with Gasteiger partial charge in [-0.1, -0.05) is 11.6 Å². The van der Waals surface area contributed by atoms with Crippen molar-refractivity contribution in [3.8, 4) is 0 Å². The number of amides is 1. The first-order valence-corrected chi connectivity index (χ1v) is 7.58. The smallest absolute Gasteiger partial charge is 0.410 e. The Bertz CT molecular complexity index is 485. The number of hydrogen-bond acceptors (Lipinski definition) is 4. The number of halogens is 1. The van der Waals surface area contributed by atoms with Crippen molar-refractivity contribution >= 4 is 23.4 Å². The summed E-state index contributed by atoms with van der Waals surface area (Å²) in [6, 6.07) is 3.77. The minimum absolute atomic E-state index is 0.149. The first-order chi connectivity index (χ1) is 9.85. The number of anilines is 1. The van der Waals surface area contributed by atoms with Crippen LogP contribution in [0.1, 0.15) is 33.6 Å². The maximum absolute atomic E-state index is 12.2. The number of pyridine rings is 1. The monoisotopic (exact) mass is 311 g/mol. The number of aromatic nitrogens is 1. The fraction of sp³-hybridized carbons (Fsp3) is 0.600. The molecule has 1 fully saturated rings. The van der Waals surface area contributed by atoms with Crippen LogP contribution in [0.2, 0.25) is 5.15 Å². The van der Waals surface area contributed by atoms with Gasteiger partial charge < -0.3 is 15.0 Å². The Kier molecular flexibility index (Phi) is 4.93. The van der Waals surface area contributed by atoms with Crippen molar-refractivity contribution in [2.45, 2.75) is 45.3 Å². The number of nitrogens with one attached hydrogen (secondary N) is 1. The van der Waals surface area contributed by atoms with Gasteiger partial charge in [-0.25, -0.2) is 9.78 Å². The second-order valence-corrected chi connectivity index (χ2v) is 6.61. The van der Waals surface area contributed by atoms with E-state index in [1.165, 1.54) is 0 Å². The molecule has 6 heteroatoms. The third kappa shape index (κ3) is 4.77. The zero-order valence-electron chi connectivity index (χ0n) is 12.7. The molecule has 1 atom stereocenters. The van der Waals surface area contributed by atoms with Crippen molar-refractivity contribution in [2.24, 2.45) is 0 Å². The number of ether oxygens (including phenoxy) is 1. The summed E-state index contributed by atoms with van der Waals surface area (Å²) >= 11 is 5.76. The zero-order valence-corrected chi connectivity index (χ0v) is 13.5. The molecule has 116 valence electrons. The first kappa shape index (κ1) is 15.9. The molecular weight excluding hydrogens is 290 g/mol. The molecule has 1 N–H and O–H groups in total. The molecule has 21 heavy (non-hydrogen) atoms. The molecule has 0 saturated carbocycles. The van der Waals surface area contributed by atoms with Crippen molar-refractivity contribution in [1.29, 1.82) is 0 Å². The molecule has 0 spiro atoms. The van der Waals surface area contributed by atoms with Crippen LogP contribution in [-0.2, 0) is 4.74 Å². The van der Waals surface area contributed by atoms with Gasteiger partial charge in [0, 0.05) is 13.1 Å². The van der Waals surface area contributed by atoms with Gasteiger partial charge in [-0.05, 0) is 45.7 Å². The van der Waals surface area contributed by atoms with Crippen LogP contribution >= 0.6 is 11.6 Å². The molecule has 0 aromatic carbocycles. The van der Waals surface area contributed by atoms with E-state index in [1.54, 1.807) is 12.3 Å². The van der Waals surface area contributed by atoms with Gasteiger partial charge in [0.2, 0.25) is 0 Å². The van der Waals surface area contributed by atoms with Crippen molar-refractivity contribution < 1.29 is 9.53 Å². The molecule has 1 amide bonds. The molecule has 0 radical (unpaired) electrons. The van der Waals surface area contributed by atoms with Crippen molar-refractivity contribution in [2.75, 3.05) is 18.4 Å². The Morgan fingerprint density at radius 1 is 1.52 bits per heavy atom. The van der Waals surface area contributed by atoms with E-state index in [0.717, 1.165) is 25.1 Å². The van der Waals surface area contributed by atoms with Crippen LogP contribution in [0.15, 0.2) is 18.3 Å². The number of nitrogens with zero attached hydrogens (tertiary/aromatic N) is 2. The maximum Gasteiger partial charge on any atom is 0.410 e. The SMILES string of the molecule is CC(C)(C)OC(=O)N1CCC[C@@H]1CNc1ccc(Cl)nc1. The third-order valence-corrected chi connectivity index (χ3v) is 3.50. The van der Waals surface area contributed by atoms with Crippen molar-refractivity contribution in [3.05, 3.63) is 23.5 Å². The van der Waals surface area contributed by atoms with Gasteiger partial charge in [-0.15, -0.1) is 0 Å². The summed E-state index contributed by atoms with van der Waals surface area (Å²) < 4.78 is 5.45. The van der Waals surface area contributed by atoms with E-state index in [1.807, 2.05) is 31.7 Å². The van der Waals surface area contributed by atoms with E-state index >= 15 is 0 Å². The Morgan fingerprint density at radius 3 is 2.90 bits per heavy atom. The average molecular weight is 312 g/mol. The fourth-order valence-electron chi connectivity index (χ4n) is 2.32. The molecule has 0 unspecified atom stereocenters. The molecule has 0 bridgehead atoms. The zero-order chi connectivity index (χ0) is 15.5. The third-order valence-electron chi connectivity index (χ3n) is 3.27. The highest BCUT2D eigenvalue weighted by Crippen LogP contribution is 2.21. The minimum atomic E-state index is -0.461. The van der Waals surface area contributed by atoms with Gasteiger partial charge in [-0.3, -0.25) is 0 Å². The number of likely N-dealkylation sites (tertiary alicyclic amines) is 1. The lowest BCUT2D eigenvalue weighted by Crippen LogP contribution is -2.42. The van der Waals surface area contributed by atoms with Gasteiger partial charge in [0.15, 0.2) is 0 Å². The summed E-state index contributed by atoms with van der Waals surface area (Å²) in [4.78, 5) is 18.0. The summed E-state index contributed by atoms with van der Waals surface area (Å²) in [5, 5.41) is 3.76. The van der Waals surface area contributed by atoms with E-state index in [-0.39, 0.29) is 12.1 Å². The van der Waals surface area contributed by atoms with E-state index in [0.29, 0.717) is 11.7 Å². The molecule has 2 heterocycles. The van der Waals surface area contributed by atoms with Gasteiger partial charge in [0.25, 0.3) is 0 Å². The topological polar surface area (TPSA) is 54.5 Å². The average Bonchev–Trinajstić information content (AvgIpc) is 2.84. The lowest BCUT2D eigenvalue weighted by Gasteiger charge is -2.28. The molecular formula is C15H22ClN3O2. The molecule has 1 aliphatic heterocycles. The van der Waals surface area contributed by atoms with E-state index in [9.17, 15) is 4.79 Å². The summed E-state index contributed by atoms with van der Waals surface area (Å²) in [5.41, 5.74) is 0.438. The predicted octanol–water partition coefficient (Wildman–Crippen LogP) is 3.55. The van der Waals surface area contributed by atoms with Crippen molar-refractivity contribution in [1.82, 2.24) is 9.88 Å². The van der Waals surface area contributed by atoms with Crippen molar-refractivity contribution in [3.63, 3.8) is 0 Å². The van der Waals surface area contributed by atoms with E-state index in [4.69, 9.17) is 16.3 Å². The predicted molar refractivity (Wildman–Crippen MR) is 83.7 cm³/mol. The first-order valence-electron chi connectivity index (χ1n) is 7.20.